The van der Waals surface area contributed by atoms with Crippen molar-refractivity contribution in [3.8, 4) is 11.5 Å². The summed E-state index contributed by atoms with van der Waals surface area (Å²) < 4.78 is 12.0. The van der Waals surface area contributed by atoms with E-state index in [1.165, 1.54) is 10.8 Å². The van der Waals surface area contributed by atoms with E-state index < -0.39 is 0 Å². The minimum atomic E-state index is -0.282. The number of fused-ring (bicyclic) bond motifs is 3. The molecule has 1 aliphatic heterocycles. The summed E-state index contributed by atoms with van der Waals surface area (Å²) in [5.74, 6) is 1.70. The second kappa shape index (κ2) is 6.37. The molecule has 26 heavy (non-hydrogen) atoms. The number of rotatable bonds is 3. The average molecular weight is 365 g/mol. The lowest BCUT2D eigenvalue weighted by Gasteiger charge is -2.36. The van der Waals surface area contributed by atoms with Gasteiger partial charge in [-0.25, -0.2) is 0 Å². The first-order valence-electron chi connectivity index (χ1n) is 8.71. The van der Waals surface area contributed by atoms with Crippen LogP contribution in [0.15, 0.2) is 60.7 Å². The van der Waals surface area contributed by atoms with Crippen molar-refractivity contribution in [2.45, 2.75) is 25.4 Å². The molecule has 3 aromatic rings. The summed E-state index contributed by atoms with van der Waals surface area (Å²) in [4.78, 5) is 0. The standard InChI is InChI=1S/C23H21ClO2/c1-23(2,19-11-9-16(24)14-21(19)25-3)22-13-10-18-17-7-5-4-6-15(17)8-12-20(18)26-22/h4-14,22H,1-3H3. The molecule has 0 aromatic heterocycles. The number of ether oxygens (including phenoxy) is 2. The first-order chi connectivity index (χ1) is 12.5. The highest BCUT2D eigenvalue weighted by Gasteiger charge is 2.36. The van der Waals surface area contributed by atoms with Crippen LogP contribution in [0.4, 0.5) is 0 Å². The van der Waals surface area contributed by atoms with Crippen LogP contribution >= 0.6 is 11.6 Å². The molecule has 0 amide bonds. The molecule has 4 rings (SSSR count). The molecule has 0 fully saturated rings. The summed E-state index contributed by atoms with van der Waals surface area (Å²) >= 11 is 6.13. The third kappa shape index (κ3) is 2.75. The van der Waals surface area contributed by atoms with Gasteiger partial charge in [0, 0.05) is 21.6 Å². The van der Waals surface area contributed by atoms with Crippen molar-refractivity contribution < 1.29 is 9.47 Å². The van der Waals surface area contributed by atoms with Crippen LogP contribution in [0.25, 0.3) is 16.8 Å². The Morgan fingerprint density at radius 1 is 1.04 bits per heavy atom. The van der Waals surface area contributed by atoms with Gasteiger partial charge < -0.3 is 9.47 Å². The topological polar surface area (TPSA) is 18.5 Å². The fraction of sp³-hybridized carbons (Fsp3) is 0.217. The highest BCUT2D eigenvalue weighted by atomic mass is 35.5. The molecular weight excluding hydrogens is 344 g/mol. The highest BCUT2D eigenvalue weighted by Crippen LogP contribution is 2.41. The number of benzene rings is 3. The van der Waals surface area contributed by atoms with Crippen LogP contribution < -0.4 is 9.47 Å². The summed E-state index contributed by atoms with van der Waals surface area (Å²) in [5, 5.41) is 3.09. The number of hydrogen-bond acceptors (Lipinski definition) is 2. The van der Waals surface area contributed by atoms with Crippen LogP contribution in [-0.4, -0.2) is 13.2 Å². The van der Waals surface area contributed by atoms with E-state index in [0.29, 0.717) is 5.02 Å². The maximum absolute atomic E-state index is 6.41. The average Bonchev–Trinajstić information content (AvgIpc) is 2.67. The van der Waals surface area contributed by atoms with E-state index in [1.807, 2.05) is 18.2 Å². The van der Waals surface area contributed by atoms with E-state index in [1.54, 1.807) is 7.11 Å². The van der Waals surface area contributed by atoms with Crippen molar-refractivity contribution in [1.29, 1.82) is 0 Å². The molecule has 2 nitrogen and oxygen atoms in total. The molecule has 0 radical (unpaired) electrons. The van der Waals surface area contributed by atoms with Crippen LogP contribution in [0, 0.1) is 0 Å². The first kappa shape index (κ1) is 17.0. The lowest BCUT2D eigenvalue weighted by molar-refractivity contribution is 0.164. The molecule has 1 unspecified atom stereocenters. The molecule has 0 saturated carbocycles. The maximum atomic E-state index is 6.41. The Morgan fingerprint density at radius 3 is 2.65 bits per heavy atom. The summed E-state index contributed by atoms with van der Waals surface area (Å²) in [5.41, 5.74) is 1.93. The van der Waals surface area contributed by atoms with E-state index in [-0.39, 0.29) is 11.5 Å². The molecule has 0 aliphatic carbocycles. The minimum absolute atomic E-state index is 0.105. The Balaban J connectivity index is 1.75. The molecule has 1 atom stereocenters. The van der Waals surface area contributed by atoms with Crippen molar-refractivity contribution in [1.82, 2.24) is 0 Å². The maximum Gasteiger partial charge on any atom is 0.128 e. The Kier molecular flexibility index (Phi) is 4.16. The zero-order valence-corrected chi connectivity index (χ0v) is 15.9. The van der Waals surface area contributed by atoms with Crippen molar-refractivity contribution in [3.63, 3.8) is 0 Å². The summed E-state index contributed by atoms with van der Waals surface area (Å²) in [6, 6.07) is 18.3. The van der Waals surface area contributed by atoms with E-state index in [2.05, 4.69) is 62.4 Å². The van der Waals surface area contributed by atoms with Gasteiger partial charge in [-0.15, -0.1) is 0 Å². The van der Waals surface area contributed by atoms with Gasteiger partial charge in [0.2, 0.25) is 0 Å². The van der Waals surface area contributed by atoms with Crippen molar-refractivity contribution in [3.05, 3.63) is 76.8 Å². The molecule has 3 aromatic carbocycles. The van der Waals surface area contributed by atoms with E-state index in [0.717, 1.165) is 22.6 Å². The zero-order valence-electron chi connectivity index (χ0n) is 15.1. The molecule has 1 aliphatic rings. The lowest BCUT2D eigenvalue weighted by Crippen LogP contribution is -2.38. The quantitative estimate of drug-likeness (QED) is 0.546. The SMILES string of the molecule is COc1cc(Cl)ccc1C(C)(C)C1C=Cc2c(ccc3ccccc23)O1. The smallest absolute Gasteiger partial charge is 0.128 e. The Hall–Kier alpha value is -2.45. The molecule has 0 saturated heterocycles. The number of hydrogen-bond donors (Lipinski definition) is 0. The third-order valence-corrected chi connectivity index (χ3v) is 5.43. The van der Waals surface area contributed by atoms with E-state index in [9.17, 15) is 0 Å². The second-order valence-electron chi connectivity index (χ2n) is 7.16. The van der Waals surface area contributed by atoms with Gasteiger partial charge in [0.25, 0.3) is 0 Å². The fourth-order valence-corrected chi connectivity index (χ4v) is 3.81. The van der Waals surface area contributed by atoms with Crippen LogP contribution in [0.1, 0.15) is 25.0 Å². The second-order valence-corrected chi connectivity index (χ2v) is 7.60. The van der Waals surface area contributed by atoms with Crippen molar-refractivity contribution in [2.75, 3.05) is 7.11 Å². The largest absolute Gasteiger partial charge is 0.496 e. The summed E-state index contributed by atoms with van der Waals surface area (Å²) in [6.45, 7) is 4.33. The molecule has 0 bridgehead atoms. The molecule has 0 N–H and O–H groups in total. The Bertz CT molecular complexity index is 1000. The van der Waals surface area contributed by atoms with E-state index in [4.69, 9.17) is 21.1 Å². The van der Waals surface area contributed by atoms with Gasteiger partial charge in [0.1, 0.15) is 17.6 Å². The zero-order chi connectivity index (χ0) is 18.3. The molecule has 0 spiro atoms. The summed E-state index contributed by atoms with van der Waals surface area (Å²) in [7, 11) is 1.67. The van der Waals surface area contributed by atoms with Crippen LogP contribution in [0.3, 0.4) is 0 Å². The summed E-state index contributed by atoms with van der Waals surface area (Å²) in [6.07, 6.45) is 4.21. The monoisotopic (exact) mass is 364 g/mol. The minimum Gasteiger partial charge on any atom is -0.496 e. The first-order valence-corrected chi connectivity index (χ1v) is 9.09. The van der Waals surface area contributed by atoms with Gasteiger partial charge in [-0.3, -0.25) is 0 Å². The molecule has 3 heteroatoms. The van der Waals surface area contributed by atoms with Crippen molar-refractivity contribution >= 4 is 28.4 Å². The predicted molar refractivity (Wildman–Crippen MR) is 108 cm³/mol. The van der Waals surface area contributed by atoms with Crippen LogP contribution in [0.5, 0.6) is 11.5 Å². The third-order valence-electron chi connectivity index (χ3n) is 5.19. The molecule has 1 heterocycles. The van der Waals surface area contributed by atoms with Gasteiger partial charge in [-0.1, -0.05) is 67.9 Å². The fourth-order valence-electron chi connectivity index (χ4n) is 3.65. The Labute approximate surface area is 159 Å². The van der Waals surface area contributed by atoms with Crippen molar-refractivity contribution in [2.24, 2.45) is 0 Å². The van der Waals surface area contributed by atoms with Gasteiger partial charge in [-0.05, 0) is 35.0 Å². The predicted octanol–water partition coefficient (Wildman–Crippen LogP) is 6.25. The molecule has 132 valence electrons. The van der Waals surface area contributed by atoms with Crippen LogP contribution in [-0.2, 0) is 5.41 Å². The lowest BCUT2D eigenvalue weighted by atomic mass is 9.77. The normalized spacial score (nSPS) is 16.2. The number of halogens is 1. The Morgan fingerprint density at radius 2 is 1.85 bits per heavy atom. The van der Waals surface area contributed by atoms with Gasteiger partial charge in [0.15, 0.2) is 0 Å². The van der Waals surface area contributed by atoms with Gasteiger partial charge in [-0.2, -0.15) is 0 Å². The highest BCUT2D eigenvalue weighted by molar-refractivity contribution is 6.30. The number of methoxy groups -OCH3 is 1. The van der Waals surface area contributed by atoms with Crippen LogP contribution in [0.2, 0.25) is 5.02 Å². The molecular formula is C23H21ClO2. The van der Waals surface area contributed by atoms with Gasteiger partial charge in [0.05, 0.1) is 7.11 Å². The van der Waals surface area contributed by atoms with Gasteiger partial charge >= 0.3 is 0 Å². The van der Waals surface area contributed by atoms with E-state index >= 15 is 0 Å².